The molecule has 2 aromatic rings. The van der Waals surface area contributed by atoms with Gasteiger partial charge in [-0.05, 0) is 30.2 Å². The quantitative estimate of drug-likeness (QED) is 0.791. The summed E-state index contributed by atoms with van der Waals surface area (Å²) >= 11 is 0. The molecule has 4 heteroatoms. The average Bonchev–Trinajstić information content (AvgIpc) is 2.42. The molecule has 1 aromatic carbocycles. The fourth-order valence-electron chi connectivity index (χ4n) is 1.70. The van der Waals surface area contributed by atoms with Crippen molar-refractivity contribution >= 4 is 11.4 Å². The van der Waals surface area contributed by atoms with Gasteiger partial charge < -0.3 is 15.8 Å². The molecule has 0 bridgehead atoms. The van der Waals surface area contributed by atoms with E-state index in [2.05, 4.69) is 16.4 Å². The Morgan fingerprint density at radius 2 is 2.22 bits per heavy atom. The van der Waals surface area contributed by atoms with E-state index in [0.717, 1.165) is 30.1 Å². The smallest absolute Gasteiger partial charge is 0.121 e. The molecule has 1 heterocycles. The topological polar surface area (TPSA) is 60.2 Å². The molecule has 0 aliphatic rings. The standard InChI is InChI=1S/C14H17N3O/c1-18-12-4-5-13(15)14(9-12)17-8-6-11-3-2-7-16-10-11/h2-5,7,9-10,17H,6,8,15H2,1H3. The van der Waals surface area contributed by atoms with Crippen LogP contribution in [-0.4, -0.2) is 18.6 Å². The highest BCUT2D eigenvalue weighted by molar-refractivity contribution is 5.68. The lowest BCUT2D eigenvalue weighted by Crippen LogP contribution is -2.07. The molecule has 0 unspecified atom stereocenters. The second-order valence-corrected chi connectivity index (χ2v) is 3.99. The second kappa shape index (κ2) is 5.91. The van der Waals surface area contributed by atoms with E-state index in [-0.39, 0.29) is 0 Å². The van der Waals surface area contributed by atoms with Crippen LogP contribution in [0.2, 0.25) is 0 Å². The molecule has 1 aromatic heterocycles. The van der Waals surface area contributed by atoms with Crippen LogP contribution in [0.4, 0.5) is 11.4 Å². The first kappa shape index (κ1) is 12.2. The lowest BCUT2D eigenvalue weighted by atomic mass is 10.2. The maximum Gasteiger partial charge on any atom is 0.121 e. The Morgan fingerprint density at radius 3 is 2.94 bits per heavy atom. The molecule has 2 rings (SSSR count). The molecule has 0 aliphatic carbocycles. The summed E-state index contributed by atoms with van der Waals surface area (Å²) < 4.78 is 5.17. The van der Waals surface area contributed by atoms with Crippen molar-refractivity contribution in [3.63, 3.8) is 0 Å². The van der Waals surface area contributed by atoms with Crippen molar-refractivity contribution in [2.75, 3.05) is 24.7 Å². The number of nitrogen functional groups attached to an aromatic ring is 1. The molecule has 0 amide bonds. The highest BCUT2D eigenvalue weighted by Gasteiger charge is 2.01. The van der Waals surface area contributed by atoms with E-state index in [1.54, 1.807) is 13.3 Å². The SMILES string of the molecule is COc1ccc(N)c(NCCc2cccnc2)c1. The van der Waals surface area contributed by atoms with Gasteiger partial charge in [-0.25, -0.2) is 0 Å². The van der Waals surface area contributed by atoms with Gasteiger partial charge in [-0.2, -0.15) is 0 Å². The average molecular weight is 243 g/mol. The molecule has 0 spiro atoms. The number of ether oxygens (including phenoxy) is 1. The third kappa shape index (κ3) is 3.13. The summed E-state index contributed by atoms with van der Waals surface area (Å²) in [6.07, 6.45) is 4.55. The van der Waals surface area contributed by atoms with Gasteiger partial charge in [-0.15, -0.1) is 0 Å². The van der Waals surface area contributed by atoms with Gasteiger partial charge >= 0.3 is 0 Å². The van der Waals surface area contributed by atoms with Gasteiger partial charge in [0.2, 0.25) is 0 Å². The number of nitrogens with one attached hydrogen (secondary N) is 1. The summed E-state index contributed by atoms with van der Waals surface area (Å²) in [7, 11) is 1.64. The molecule has 0 saturated carbocycles. The van der Waals surface area contributed by atoms with Crippen LogP contribution in [0.25, 0.3) is 0 Å². The van der Waals surface area contributed by atoms with Gasteiger partial charge in [0.1, 0.15) is 5.75 Å². The molecule has 0 radical (unpaired) electrons. The molecule has 0 atom stereocenters. The number of methoxy groups -OCH3 is 1. The summed E-state index contributed by atoms with van der Waals surface area (Å²) in [5.41, 5.74) is 8.72. The van der Waals surface area contributed by atoms with Crippen LogP contribution < -0.4 is 15.8 Å². The molecule has 0 fully saturated rings. The van der Waals surface area contributed by atoms with E-state index in [9.17, 15) is 0 Å². The van der Waals surface area contributed by atoms with Crippen LogP contribution >= 0.6 is 0 Å². The van der Waals surface area contributed by atoms with E-state index >= 15 is 0 Å². The van der Waals surface area contributed by atoms with Gasteiger partial charge in [0.25, 0.3) is 0 Å². The summed E-state index contributed by atoms with van der Waals surface area (Å²) in [5, 5.41) is 3.30. The Bertz CT molecular complexity index is 500. The molecule has 94 valence electrons. The van der Waals surface area contributed by atoms with Gasteiger partial charge in [-0.1, -0.05) is 6.07 Å². The largest absolute Gasteiger partial charge is 0.497 e. The number of rotatable bonds is 5. The molecule has 18 heavy (non-hydrogen) atoms. The van der Waals surface area contributed by atoms with Gasteiger partial charge in [-0.3, -0.25) is 4.98 Å². The Morgan fingerprint density at radius 1 is 1.33 bits per heavy atom. The second-order valence-electron chi connectivity index (χ2n) is 3.99. The predicted octanol–water partition coefficient (Wildman–Crippen LogP) is 2.33. The fraction of sp³-hybridized carbons (Fsp3) is 0.214. The number of aromatic nitrogens is 1. The predicted molar refractivity (Wildman–Crippen MR) is 73.8 cm³/mol. The van der Waals surface area contributed by atoms with Crippen LogP contribution in [0.5, 0.6) is 5.75 Å². The summed E-state index contributed by atoms with van der Waals surface area (Å²) in [4.78, 5) is 4.08. The highest BCUT2D eigenvalue weighted by Crippen LogP contribution is 2.24. The minimum Gasteiger partial charge on any atom is -0.497 e. The number of anilines is 2. The number of benzene rings is 1. The number of hydrogen-bond acceptors (Lipinski definition) is 4. The van der Waals surface area contributed by atoms with Gasteiger partial charge in [0.05, 0.1) is 18.5 Å². The first-order valence-electron chi connectivity index (χ1n) is 5.86. The fourth-order valence-corrected chi connectivity index (χ4v) is 1.70. The maximum absolute atomic E-state index is 5.89. The highest BCUT2D eigenvalue weighted by atomic mass is 16.5. The third-order valence-electron chi connectivity index (χ3n) is 2.71. The lowest BCUT2D eigenvalue weighted by molar-refractivity contribution is 0.415. The summed E-state index contributed by atoms with van der Waals surface area (Å²) in [6, 6.07) is 9.59. The van der Waals surface area contributed by atoms with Crippen LogP contribution in [0.15, 0.2) is 42.7 Å². The lowest BCUT2D eigenvalue weighted by Gasteiger charge is -2.10. The van der Waals surface area contributed by atoms with E-state index in [1.165, 1.54) is 5.56 Å². The van der Waals surface area contributed by atoms with Crippen molar-refractivity contribution in [3.05, 3.63) is 48.3 Å². The van der Waals surface area contributed by atoms with Crippen LogP contribution in [0, 0.1) is 0 Å². The van der Waals surface area contributed by atoms with E-state index in [4.69, 9.17) is 10.5 Å². The Balaban J connectivity index is 1.94. The Hall–Kier alpha value is -2.23. The van der Waals surface area contributed by atoms with E-state index < -0.39 is 0 Å². The van der Waals surface area contributed by atoms with Crippen molar-refractivity contribution in [2.45, 2.75) is 6.42 Å². The van der Waals surface area contributed by atoms with Crippen molar-refractivity contribution in [2.24, 2.45) is 0 Å². The normalized spacial score (nSPS) is 10.1. The van der Waals surface area contributed by atoms with Crippen molar-refractivity contribution in [3.8, 4) is 5.75 Å². The molecular formula is C14H17N3O. The monoisotopic (exact) mass is 243 g/mol. The molecule has 0 aliphatic heterocycles. The van der Waals surface area contributed by atoms with Crippen molar-refractivity contribution in [1.82, 2.24) is 4.98 Å². The Kier molecular flexibility index (Phi) is 4.02. The minimum absolute atomic E-state index is 0.724. The first-order valence-corrected chi connectivity index (χ1v) is 5.86. The molecular weight excluding hydrogens is 226 g/mol. The first-order chi connectivity index (χ1) is 8.79. The van der Waals surface area contributed by atoms with Crippen molar-refractivity contribution < 1.29 is 4.74 Å². The minimum atomic E-state index is 0.724. The zero-order chi connectivity index (χ0) is 12.8. The zero-order valence-corrected chi connectivity index (χ0v) is 10.4. The number of hydrogen-bond donors (Lipinski definition) is 2. The Labute approximate surface area is 107 Å². The van der Waals surface area contributed by atoms with Gasteiger partial charge in [0, 0.05) is 25.0 Å². The number of pyridine rings is 1. The number of nitrogens with zero attached hydrogens (tertiary/aromatic N) is 1. The molecule has 0 saturated heterocycles. The third-order valence-corrected chi connectivity index (χ3v) is 2.71. The van der Waals surface area contributed by atoms with Crippen molar-refractivity contribution in [1.29, 1.82) is 0 Å². The molecule has 4 nitrogen and oxygen atoms in total. The van der Waals surface area contributed by atoms with E-state index in [1.807, 2.05) is 30.5 Å². The molecule has 3 N–H and O–H groups in total. The number of nitrogens with two attached hydrogens (primary N) is 1. The summed E-state index contributed by atoms with van der Waals surface area (Å²) in [5.74, 6) is 0.799. The maximum atomic E-state index is 5.89. The van der Waals surface area contributed by atoms with Crippen LogP contribution in [-0.2, 0) is 6.42 Å². The van der Waals surface area contributed by atoms with Crippen LogP contribution in [0.1, 0.15) is 5.56 Å². The van der Waals surface area contributed by atoms with E-state index in [0.29, 0.717) is 0 Å². The van der Waals surface area contributed by atoms with Crippen LogP contribution in [0.3, 0.4) is 0 Å². The summed E-state index contributed by atoms with van der Waals surface area (Å²) in [6.45, 7) is 0.809. The zero-order valence-electron chi connectivity index (χ0n) is 10.4. The van der Waals surface area contributed by atoms with Gasteiger partial charge in [0.15, 0.2) is 0 Å².